The molecule has 1 aromatic heterocycles. The minimum atomic E-state index is -0.0524. The second-order valence-electron chi connectivity index (χ2n) is 6.00. The summed E-state index contributed by atoms with van der Waals surface area (Å²) < 4.78 is 5.21. The molecule has 0 spiro atoms. The van der Waals surface area contributed by atoms with Crippen molar-refractivity contribution >= 4 is 0 Å². The van der Waals surface area contributed by atoms with Gasteiger partial charge < -0.3 is 4.52 Å². The molecule has 0 N–H and O–H groups in total. The van der Waals surface area contributed by atoms with Crippen molar-refractivity contribution in [2.24, 2.45) is 5.41 Å². The summed E-state index contributed by atoms with van der Waals surface area (Å²) in [6.07, 6.45) is 0.854. The Morgan fingerprint density at radius 2 is 1.64 bits per heavy atom. The van der Waals surface area contributed by atoms with Crippen LogP contribution >= 0.6 is 0 Å². The van der Waals surface area contributed by atoms with Crippen LogP contribution in [0, 0.1) is 5.41 Å². The van der Waals surface area contributed by atoms with E-state index in [-0.39, 0.29) is 10.8 Å². The van der Waals surface area contributed by atoms with Gasteiger partial charge in [-0.25, -0.2) is 0 Å². The van der Waals surface area contributed by atoms with Crippen LogP contribution in [0.4, 0.5) is 0 Å². The maximum atomic E-state index is 5.21. The predicted octanol–water partition coefficient (Wildman–Crippen LogP) is 2.96. The summed E-state index contributed by atoms with van der Waals surface area (Å²) in [5.41, 5.74) is 0.155. The van der Waals surface area contributed by atoms with Crippen LogP contribution in [0.1, 0.15) is 53.3 Å². The molecule has 0 bridgehead atoms. The number of hydrogen-bond donors (Lipinski definition) is 0. The van der Waals surface area contributed by atoms with E-state index in [0.29, 0.717) is 0 Å². The first-order valence-electron chi connectivity index (χ1n) is 5.01. The van der Waals surface area contributed by atoms with E-state index in [0.717, 1.165) is 18.1 Å². The van der Waals surface area contributed by atoms with E-state index in [9.17, 15) is 0 Å². The summed E-state index contributed by atoms with van der Waals surface area (Å²) in [5.74, 6) is 1.53. The molecule has 1 rings (SSSR count). The van der Waals surface area contributed by atoms with Crippen molar-refractivity contribution in [2.45, 2.75) is 53.4 Å². The first-order valence-corrected chi connectivity index (χ1v) is 5.01. The van der Waals surface area contributed by atoms with Gasteiger partial charge in [-0.3, -0.25) is 0 Å². The second kappa shape index (κ2) is 3.37. The molecule has 0 amide bonds. The third-order valence-corrected chi connectivity index (χ3v) is 1.80. The monoisotopic (exact) mass is 196 g/mol. The SMILES string of the molecule is CC(C)(C)Cc1noc(C(C)(C)C)n1. The summed E-state index contributed by atoms with van der Waals surface area (Å²) in [7, 11) is 0. The molecule has 0 aliphatic carbocycles. The Balaban J connectivity index is 2.79. The van der Waals surface area contributed by atoms with Gasteiger partial charge in [-0.2, -0.15) is 4.98 Å². The lowest BCUT2D eigenvalue weighted by Crippen LogP contribution is -2.13. The fraction of sp³-hybridized carbons (Fsp3) is 0.818. The normalized spacial score (nSPS) is 13.3. The Morgan fingerprint density at radius 3 is 2.00 bits per heavy atom. The van der Waals surface area contributed by atoms with E-state index < -0.39 is 0 Å². The van der Waals surface area contributed by atoms with Gasteiger partial charge in [0, 0.05) is 11.8 Å². The van der Waals surface area contributed by atoms with E-state index in [1.165, 1.54) is 0 Å². The zero-order valence-corrected chi connectivity index (χ0v) is 10.0. The third kappa shape index (κ3) is 3.13. The standard InChI is InChI=1S/C11H20N2O/c1-10(2,3)7-8-12-9(14-13-8)11(4,5)6/h7H2,1-6H3. The molecule has 0 fully saturated rings. The van der Waals surface area contributed by atoms with Crippen LogP contribution in [-0.4, -0.2) is 10.1 Å². The Labute approximate surface area is 85.9 Å². The van der Waals surface area contributed by atoms with Crippen LogP contribution in [0.25, 0.3) is 0 Å². The molecule has 0 saturated carbocycles. The number of rotatable bonds is 1. The van der Waals surface area contributed by atoms with Gasteiger partial charge in [-0.05, 0) is 5.41 Å². The van der Waals surface area contributed by atoms with Crippen LogP contribution < -0.4 is 0 Å². The van der Waals surface area contributed by atoms with Crippen LogP contribution in [0.3, 0.4) is 0 Å². The van der Waals surface area contributed by atoms with Gasteiger partial charge in [0.15, 0.2) is 5.82 Å². The Kier molecular flexibility index (Phi) is 2.70. The first-order chi connectivity index (χ1) is 6.18. The van der Waals surface area contributed by atoms with Gasteiger partial charge in [0.25, 0.3) is 0 Å². The summed E-state index contributed by atoms with van der Waals surface area (Å²) in [6, 6.07) is 0. The largest absolute Gasteiger partial charge is 0.339 e. The molecule has 14 heavy (non-hydrogen) atoms. The second-order valence-corrected chi connectivity index (χ2v) is 6.00. The lowest BCUT2D eigenvalue weighted by Gasteiger charge is -2.14. The van der Waals surface area contributed by atoms with Crippen molar-refractivity contribution < 1.29 is 4.52 Å². The molecule has 0 unspecified atom stereocenters. The zero-order valence-electron chi connectivity index (χ0n) is 10.0. The van der Waals surface area contributed by atoms with Crippen LogP contribution in [0.5, 0.6) is 0 Å². The first kappa shape index (κ1) is 11.2. The van der Waals surface area contributed by atoms with E-state index in [2.05, 4.69) is 51.7 Å². The van der Waals surface area contributed by atoms with Gasteiger partial charge in [0.2, 0.25) is 5.89 Å². The van der Waals surface area contributed by atoms with Crippen LogP contribution in [0.15, 0.2) is 4.52 Å². The number of hydrogen-bond acceptors (Lipinski definition) is 3. The van der Waals surface area contributed by atoms with Crippen molar-refractivity contribution in [1.82, 2.24) is 10.1 Å². The quantitative estimate of drug-likeness (QED) is 0.693. The summed E-state index contributed by atoms with van der Waals surface area (Å²) in [5, 5.41) is 3.98. The fourth-order valence-corrected chi connectivity index (χ4v) is 1.10. The fourth-order valence-electron chi connectivity index (χ4n) is 1.10. The molecule has 0 saturated heterocycles. The lowest BCUT2D eigenvalue weighted by atomic mass is 9.92. The molecule has 0 radical (unpaired) electrons. The molecule has 0 aromatic carbocycles. The molecule has 3 heteroatoms. The van der Waals surface area contributed by atoms with Crippen LogP contribution in [0.2, 0.25) is 0 Å². The molecule has 80 valence electrons. The van der Waals surface area contributed by atoms with E-state index in [1.807, 2.05) is 0 Å². The molecule has 1 heterocycles. The molecular formula is C11H20N2O. The van der Waals surface area contributed by atoms with Gasteiger partial charge >= 0.3 is 0 Å². The molecule has 0 atom stereocenters. The number of nitrogens with zero attached hydrogens (tertiary/aromatic N) is 2. The zero-order chi connectivity index (χ0) is 11.0. The average Bonchev–Trinajstić information content (AvgIpc) is 2.29. The summed E-state index contributed by atoms with van der Waals surface area (Å²) >= 11 is 0. The molecule has 3 nitrogen and oxygen atoms in total. The number of aromatic nitrogens is 2. The Bertz CT molecular complexity index is 302. The highest BCUT2D eigenvalue weighted by molar-refractivity contribution is 4.99. The summed E-state index contributed by atoms with van der Waals surface area (Å²) in [6.45, 7) is 12.7. The predicted molar refractivity (Wildman–Crippen MR) is 56.2 cm³/mol. The third-order valence-electron chi connectivity index (χ3n) is 1.80. The van der Waals surface area contributed by atoms with Crippen molar-refractivity contribution in [2.75, 3.05) is 0 Å². The highest BCUT2D eigenvalue weighted by atomic mass is 16.5. The van der Waals surface area contributed by atoms with Gasteiger partial charge in [0.05, 0.1) is 0 Å². The van der Waals surface area contributed by atoms with E-state index in [4.69, 9.17) is 4.52 Å². The minimum Gasteiger partial charge on any atom is -0.339 e. The van der Waals surface area contributed by atoms with Crippen molar-refractivity contribution in [3.05, 3.63) is 11.7 Å². The lowest BCUT2D eigenvalue weighted by molar-refractivity contribution is 0.313. The Hall–Kier alpha value is -0.860. The maximum absolute atomic E-state index is 5.21. The minimum absolute atomic E-state index is 0.0524. The van der Waals surface area contributed by atoms with Gasteiger partial charge in [0.1, 0.15) is 0 Å². The highest BCUT2D eigenvalue weighted by Crippen LogP contribution is 2.23. The van der Waals surface area contributed by atoms with E-state index in [1.54, 1.807) is 0 Å². The average molecular weight is 196 g/mol. The van der Waals surface area contributed by atoms with Crippen molar-refractivity contribution in [1.29, 1.82) is 0 Å². The molecule has 0 aliphatic heterocycles. The maximum Gasteiger partial charge on any atom is 0.232 e. The van der Waals surface area contributed by atoms with Crippen LogP contribution in [-0.2, 0) is 11.8 Å². The van der Waals surface area contributed by atoms with Crippen molar-refractivity contribution in [3.8, 4) is 0 Å². The highest BCUT2D eigenvalue weighted by Gasteiger charge is 2.23. The van der Waals surface area contributed by atoms with E-state index >= 15 is 0 Å². The topological polar surface area (TPSA) is 38.9 Å². The summed E-state index contributed by atoms with van der Waals surface area (Å²) in [4.78, 5) is 4.39. The Morgan fingerprint density at radius 1 is 1.07 bits per heavy atom. The molecule has 1 aromatic rings. The van der Waals surface area contributed by atoms with Crippen molar-refractivity contribution in [3.63, 3.8) is 0 Å². The van der Waals surface area contributed by atoms with Gasteiger partial charge in [-0.15, -0.1) is 0 Å². The van der Waals surface area contributed by atoms with Gasteiger partial charge in [-0.1, -0.05) is 46.7 Å². The molecule has 0 aliphatic rings. The smallest absolute Gasteiger partial charge is 0.232 e. The molecular weight excluding hydrogens is 176 g/mol.